The standard InChI is InChI=1S/C18H20F2O3S2/c1-12-11-14(18(19)20)8-7-13(12)5-3-4-6-15(21)16-9-10-17(24-16)25(2,22)23/h7-11,18H,3-6H2,1-2H3. The van der Waals surface area contributed by atoms with Crippen molar-refractivity contribution in [2.75, 3.05) is 6.26 Å². The number of sulfone groups is 1. The minimum Gasteiger partial charge on any atom is -0.293 e. The van der Waals surface area contributed by atoms with Crippen molar-refractivity contribution in [3.63, 3.8) is 0 Å². The number of hydrogen-bond acceptors (Lipinski definition) is 4. The number of Topliss-reactive ketones (excluding diaryl/α,β-unsaturated/α-hetero) is 1. The quantitative estimate of drug-likeness (QED) is 0.474. The molecule has 7 heteroatoms. The molecule has 0 saturated heterocycles. The van der Waals surface area contributed by atoms with Gasteiger partial charge in [0.1, 0.15) is 4.21 Å². The summed E-state index contributed by atoms with van der Waals surface area (Å²) in [4.78, 5) is 12.6. The number of hydrogen-bond donors (Lipinski definition) is 0. The first-order valence-corrected chi connectivity index (χ1v) is 10.6. The molecule has 2 rings (SSSR count). The molecule has 136 valence electrons. The van der Waals surface area contributed by atoms with Gasteiger partial charge >= 0.3 is 0 Å². The van der Waals surface area contributed by atoms with Gasteiger partial charge in [0.25, 0.3) is 6.43 Å². The molecule has 2 aromatic rings. The van der Waals surface area contributed by atoms with Gasteiger partial charge in [-0.1, -0.05) is 18.2 Å². The van der Waals surface area contributed by atoms with E-state index < -0.39 is 16.3 Å². The highest BCUT2D eigenvalue weighted by Crippen LogP contribution is 2.24. The number of carbonyl (C=O) groups excluding carboxylic acids is 1. The van der Waals surface area contributed by atoms with Crippen molar-refractivity contribution in [3.05, 3.63) is 51.9 Å². The number of thiophene rings is 1. The van der Waals surface area contributed by atoms with E-state index >= 15 is 0 Å². The smallest absolute Gasteiger partial charge is 0.263 e. The monoisotopic (exact) mass is 386 g/mol. The zero-order valence-electron chi connectivity index (χ0n) is 14.1. The van der Waals surface area contributed by atoms with Gasteiger partial charge in [-0.2, -0.15) is 0 Å². The van der Waals surface area contributed by atoms with Crippen molar-refractivity contribution < 1.29 is 22.0 Å². The highest BCUT2D eigenvalue weighted by molar-refractivity contribution is 7.92. The number of unbranched alkanes of at least 4 members (excludes halogenated alkanes) is 1. The fourth-order valence-electron chi connectivity index (χ4n) is 2.53. The molecule has 0 saturated carbocycles. The van der Waals surface area contributed by atoms with Crippen LogP contribution < -0.4 is 0 Å². The lowest BCUT2D eigenvalue weighted by molar-refractivity contribution is 0.0983. The van der Waals surface area contributed by atoms with Crippen molar-refractivity contribution in [3.8, 4) is 0 Å². The summed E-state index contributed by atoms with van der Waals surface area (Å²) >= 11 is 1.00. The third-order valence-electron chi connectivity index (χ3n) is 3.94. The van der Waals surface area contributed by atoms with E-state index in [-0.39, 0.29) is 15.6 Å². The highest BCUT2D eigenvalue weighted by Gasteiger charge is 2.15. The molecule has 1 aromatic heterocycles. The Balaban J connectivity index is 1.85. The summed E-state index contributed by atoms with van der Waals surface area (Å²) in [5.41, 5.74) is 1.86. The van der Waals surface area contributed by atoms with Gasteiger partial charge in [0, 0.05) is 18.2 Å². The minimum absolute atomic E-state index is 0.0239. The summed E-state index contributed by atoms with van der Waals surface area (Å²) in [6.45, 7) is 1.81. The lowest BCUT2D eigenvalue weighted by atomic mass is 9.99. The van der Waals surface area contributed by atoms with Gasteiger partial charge in [0.05, 0.1) is 4.88 Å². The van der Waals surface area contributed by atoms with E-state index in [2.05, 4.69) is 0 Å². The number of halogens is 2. The summed E-state index contributed by atoms with van der Waals surface area (Å²) in [5, 5.41) is 0. The largest absolute Gasteiger partial charge is 0.293 e. The van der Waals surface area contributed by atoms with Crippen molar-refractivity contribution in [2.45, 2.75) is 43.2 Å². The summed E-state index contributed by atoms with van der Waals surface area (Å²) < 4.78 is 48.3. The lowest BCUT2D eigenvalue weighted by Gasteiger charge is -2.08. The number of alkyl halides is 2. The summed E-state index contributed by atoms with van der Waals surface area (Å²) in [6, 6.07) is 7.67. The Morgan fingerprint density at radius 1 is 1.16 bits per heavy atom. The van der Waals surface area contributed by atoms with Gasteiger partial charge in [0.2, 0.25) is 0 Å². The molecule has 0 spiro atoms. The Hall–Kier alpha value is -1.60. The molecule has 0 radical (unpaired) electrons. The topological polar surface area (TPSA) is 51.2 Å². The van der Waals surface area contributed by atoms with Crippen LogP contribution in [0.25, 0.3) is 0 Å². The van der Waals surface area contributed by atoms with Crippen molar-refractivity contribution in [1.82, 2.24) is 0 Å². The van der Waals surface area contributed by atoms with Gasteiger partial charge in [-0.15, -0.1) is 11.3 Å². The molecule has 0 atom stereocenters. The summed E-state index contributed by atoms with van der Waals surface area (Å²) in [6.07, 6.45) is 1.16. The third kappa shape index (κ3) is 5.44. The number of carbonyl (C=O) groups is 1. The zero-order chi connectivity index (χ0) is 18.6. The molecule has 0 unspecified atom stereocenters. The van der Waals surface area contributed by atoms with Crippen LogP contribution in [0.1, 0.15) is 52.0 Å². The average Bonchev–Trinajstić information content (AvgIpc) is 3.02. The molecular formula is C18H20F2O3S2. The van der Waals surface area contributed by atoms with Gasteiger partial charge < -0.3 is 0 Å². The van der Waals surface area contributed by atoms with Crippen molar-refractivity contribution >= 4 is 27.0 Å². The maximum atomic E-state index is 12.6. The Labute approximate surface area is 150 Å². The molecule has 0 aliphatic rings. The van der Waals surface area contributed by atoms with Crippen LogP contribution in [0.3, 0.4) is 0 Å². The molecule has 0 N–H and O–H groups in total. The molecule has 0 amide bonds. The van der Waals surface area contributed by atoms with Gasteiger partial charge in [-0.25, -0.2) is 17.2 Å². The maximum absolute atomic E-state index is 12.6. The maximum Gasteiger partial charge on any atom is 0.263 e. The van der Waals surface area contributed by atoms with Crippen LogP contribution in [0.2, 0.25) is 0 Å². The fourth-order valence-corrected chi connectivity index (χ4v) is 4.42. The molecule has 0 fully saturated rings. The van der Waals surface area contributed by atoms with Gasteiger partial charge in [-0.05, 0) is 49.4 Å². The van der Waals surface area contributed by atoms with E-state index in [1.54, 1.807) is 12.1 Å². The van der Waals surface area contributed by atoms with E-state index in [1.807, 2.05) is 6.92 Å². The van der Waals surface area contributed by atoms with E-state index in [0.717, 1.165) is 41.6 Å². The Kier molecular flexibility index (Phi) is 6.46. The van der Waals surface area contributed by atoms with Gasteiger partial charge in [-0.3, -0.25) is 4.79 Å². The first kappa shape index (κ1) is 19.7. The molecule has 0 bridgehead atoms. The SMILES string of the molecule is Cc1cc(C(F)F)ccc1CCCCC(=O)c1ccc(S(C)(=O)=O)s1. The summed E-state index contributed by atoms with van der Waals surface area (Å²) in [7, 11) is -3.28. The van der Waals surface area contributed by atoms with Crippen molar-refractivity contribution in [1.29, 1.82) is 0 Å². The van der Waals surface area contributed by atoms with E-state index in [0.29, 0.717) is 17.7 Å². The molecule has 3 nitrogen and oxygen atoms in total. The second-order valence-electron chi connectivity index (χ2n) is 6.01. The van der Waals surface area contributed by atoms with Crippen molar-refractivity contribution in [2.24, 2.45) is 0 Å². The molecule has 0 aliphatic carbocycles. The highest BCUT2D eigenvalue weighted by atomic mass is 32.2. The second-order valence-corrected chi connectivity index (χ2v) is 9.33. The number of ketones is 1. The molecule has 1 heterocycles. The van der Waals surface area contributed by atoms with Crippen LogP contribution in [0.4, 0.5) is 8.78 Å². The van der Waals surface area contributed by atoms with Crippen LogP contribution in [0.15, 0.2) is 34.5 Å². The molecular weight excluding hydrogens is 366 g/mol. The Morgan fingerprint density at radius 2 is 1.88 bits per heavy atom. The number of aryl methyl sites for hydroxylation is 2. The predicted molar refractivity (Wildman–Crippen MR) is 95.5 cm³/mol. The third-order valence-corrected chi connectivity index (χ3v) is 6.89. The minimum atomic E-state index is -3.28. The van der Waals surface area contributed by atoms with Gasteiger partial charge in [0.15, 0.2) is 15.6 Å². The zero-order valence-corrected chi connectivity index (χ0v) is 15.7. The second kappa shape index (κ2) is 8.19. The first-order valence-electron chi connectivity index (χ1n) is 7.89. The Morgan fingerprint density at radius 3 is 2.44 bits per heavy atom. The number of benzene rings is 1. The van der Waals surface area contributed by atoms with Crippen LogP contribution in [0.5, 0.6) is 0 Å². The van der Waals surface area contributed by atoms with E-state index in [4.69, 9.17) is 0 Å². The fraction of sp³-hybridized carbons (Fsp3) is 0.389. The average molecular weight is 386 g/mol. The molecule has 0 aliphatic heterocycles. The van der Waals surface area contributed by atoms with E-state index in [9.17, 15) is 22.0 Å². The first-order chi connectivity index (χ1) is 11.7. The molecule has 1 aromatic carbocycles. The summed E-state index contributed by atoms with van der Waals surface area (Å²) in [5.74, 6) is -0.0651. The predicted octanol–water partition coefficient (Wildman–Crippen LogP) is 4.99. The Bertz CT molecular complexity index is 855. The van der Waals surface area contributed by atoms with E-state index in [1.165, 1.54) is 18.2 Å². The van der Waals surface area contributed by atoms with Crippen LogP contribution in [0, 0.1) is 6.92 Å². The number of rotatable bonds is 8. The lowest BCUT2D eigenvalue weighted by Crippen LogP contribution is -1.98. The molecule has 25 heavy (non-hydrogen) atoms. The van der Waals surface area contributed by atoms with Crippen LogP contribution >= 0.6 is 11.3 Å². The van der Waals surface area contributed by atoms with Crippen LogP contribution in [-0.2, 0) is 16.3 Å². The van der Waals surface area contributed by atoms with Crippen LogP contribution in [-0.4, -0.2) is 20.5 Å². The normalized spacial score (nSPS) is 11.9.